The van der Waals surface area contributed by atoms with Gasteiger partial charge in [0.1, 0.15) is 0 Å². The second-order valence-electron chi connectivity index (χ2n) is 5.20. The number of nitrogens with zero attached hydrogens (tertiary/aromatic N) is 1. The molecular formula is C15H23N3O. The molecule has 4 heteroatoms. The minimum absolute atomic E-state index is 0.0994. The maximum absolute atomic E-state index is 9.79. The lowest BCUT2D eigenvalue weighted by atomic mass is 9.99. The highest BCUT2D eigenvalue weighted by molar-refractivity contribution is 5.78. The second-order valence-corrected chi connectivity index (χ2v) is 5.20. The van der Waals surface area contributed by atoms with Crippen molar-refractivity contribution in [1.82, 2.24) is 10.2 Å². The second kappa shape index (κ2) is 6.68. The van der Waals surface area contributed by atoms with Crippen LogP contribution in [0.5, 0.6) is 0 Å². The lowest BCUT2D eigenvalue weighted by Gasteiger charge is -2.17. The number of rotatable bonds is 7. The van der Waals surface area contributed by atoms with E-state index in [1.807, 2.05) is 6.20 Å². The molecule has 0 radical (unpaired) electrons. The number of nitrogens with two attached hydrogens (primary N) is 1. The fourth-order valence-electron chi connectivity index (χ4n) is 2.39. The quantitative estimate of drug-likeness (QED) is 0.716. The molecule has 0 fully saturated rings. The third-order valence-electron chi connectivity index (χ3n) is 3.59. The van der Waals surface area contributed by atoms with Gasteiger partial charge < -0.3 is 10.8 Å². The van der Waals surface area contributed by atoms with Gasteiger partial charge in [-0.15, -0.1) is 0 Å². The van der Waals surface area contributed by atoms with Crippen molar-refractivity contribution in [3.63, 3.8) is 0 Å². The van der Waals surface area contributed by atoms with Gasteiger partial charge in [0.25, 0.3) is 0 Å². The van der Waals surface area contributed by atoms with Crippen LogP contribution in [0.4, 0.5) is 0 Å². The zero-order valence-corrected chi connectivity index (χ0v) is 11.5. The SMILES string of the molecule is CCCC(O)C(N)CCCc1ccc2[nH]ncc2c1. The summed E-state index contributed by atoms with van der Waals surface area (Å²) < 4.78 is 0. The van der Waals surface area contributed by atoms with Gasteiger partial charge >= 0.3 is 0 Å². The normalized spacial score (nSPS) is 14.7. The minimum atomic E-state index is -0.360. The molecule has 0 aliphatic heterocycles. The first kappa shape index (κ1) is 14.0. The van der Waals surface area contributed by atoms with Crippen LogP contribution in [-0.4, -0.2) is 27.4 Å². The highest BCUT2D eigenvalue weighted by atomic mass is 16.3. The Kier molecular flexibility index (Phi) is 4.93. The zero-order chi connectivity index (χ0) is 13.7. The summed E-state index contributed by atoms with van der Waals surface area (Å²) in [5, 5.41) is 17.9. The van der Waals surface area contributed by atoms with Crippen LogP contribution >= 0.6 is 0 Å². The summed E-state index contributed by atoms with van der Waals surface area (Å²) in [5.41, 5.74) is 8.34. The predicted octanol–water partition coefficient (Wildman–Crippen LogP) is 2.37. The molecule has 2 aromatic rings. The Morgan fingerprint density at radius 1 is 1.37 bits per heavy atom. The monoisotopic (exact) mass is 261 g/mol. The van der Waals surface area contributed by atoms with Crippen LogP contribution < -0.4 is 5.73 Å². The van der Waals surface area contributed by atoms with Gasteiger partial charge in [0.2, 0.25) is 0 Å². The number of aliphatic hydroxyl groups is 1. The molecule has 1 aromatic heterocycles. The lowest BCUT2D eigenvalue weighted by molar-refractivity contribution is 0.129. The van der Waals surface area contributed by atoms with E-state index >= 15 is 0 Å². The molecule has 1 aromatic carbocycles. The number of aromatic nitrogens is 2. The molecule has 0 aliphatic carbocycles. The van der Waals surface area contributed by atoms with E-state index < -0.39 is 0 Å². The molecule has 4 nitrogen and oxygen atoms in total. The van der Waals surface area contributed by atoms with Crippen LogP contribution in [0.3, 0.4) is 0 Å². The Balaban J connectivity index is 1.81. The Morgan fingerprint density at radius 3 is 3.00 bits per heavy atom. The average Bonchev–Trinajstić information content (AvgIpc) is 2.86. The first-order valence-corrected chi connectivity index (χ1v) is 7.06. The van der Waals surface area contributed by atoms with Gasteiger partial charge in [-0.25, -0.2) is 0 Å². The minimum Gasteiger partial charge on any atom is -0.392 e. The number of benzene rings is 1. The first-order valence-electron chi connectivity index (χ1n) is 7.06. The van der Waals surface area contributed by atoms with Crippen LogP contribution in [0.2, 0.25) is 0 Å². The van der Waals surface area contributed by atoms with Gasteiger partial charge in [-0.2, -0.15) is 5.10 Å². The Morgan fingerprint density at radius 2 is 2.21 bits per heavy atom. The number of hydrogen-bond donors (Lipinski definition) is 3. The summed E-state index contributed by atoms with van der Waals surface area (Å²) >= 11 is 0. The van der Waals surface area contributed by atoms with Gasteiger partial charge in [0.15, 0.2) is 0 Å². The number of aliphatic hydroxyl groups excluding tert-OH is 1. The number of nitrogens with one attached hydrogen (secondary N) is 1. The maximum Gasteiger partial charge on any atom is 0.0691 e. The molecule has 19 heavy (non-hydrogen) atoms. The molecule has 2 atom stereocenters. The zero-order valence-electron chi connectivity index (χ0n) is 11.5. The smallest absolute Gasteiger partial charge is 0.0691 e. The van der Waals surface area contributed by atoms with Crippen molar-refractivity contribution < 1.29 is 5.11 Å². The van der Waals surface area contributed by atoms with Crippen LogP contribution in [0, 0.1) is 0 Å². The van der Waals surface area contributed by atoms with E-state index in [2.05, 4.69) is 35.3 Å². The molecule has 0 amide bonds. The summed E-state index contributed by atoms with van der Waals surface area (Å²) in [6.45, 7) is 2.07. The molecule has 0 saturated heterocycles. The topological polar surface area (TPSA) is 74.9 Å². The lowest BCUT2D eigenvalue weighted by Crippen LogP contribution is -2.34. The van der Waals surface area contributed by atoms with Gasteiger partial charge in [-0.3, -0.25) is 5.10 Å². The standard InChI is InChI=1S/C15H23N3O/c1-2-4-15(19)13(16)6-3-5-11-7-8-14-12(9-11)10-17-18-14/h7-10,13,15,19H,2-6,16H2,1H3,(H,17,18). The van der Waals surface area contributed by atoms with E-state index in [0.717, 1.165) is 43.0 Å². The number of aromatic amines is 1. The predicted molar refractivity (Wildman–Crippen MR) is 77.9 cm³/mol. The summed E-state index contributed by atoms with van der Waals surface area (Å²) in [6.07, 6.45) is 6.12. The average molecular weight is 261 g/mol. The molecule has 0 spiro atoms. The van der Waals surface area contributed by atoms with Crippen molar-refractivity contribution in [2.24, 2.45) is 5.73 Å². The third-order valence-corrected chi connectivity index (χ3v) is 3.59. The number of fused-ring (bicyclic) bond motifs is 1. The largest absolute Gasteiger partial charge is 0.392 e. The van der Waals surface area contributed by atoms with Crippen molar-refractivity contribution >= 4 is 10.9 Å². The van der Waals surface area contributed by atoms with E-state index in [-0.39, 0.29) is 12.1 Å². The molecule has 0 aliphatic rings. The van der Waals surface area contributed by atoms with E-state index in [4.69, 9.17) is 5.73 Å². The van der Waals surface area contributed by atoms with E-state index in [1.165, 1.54) is 5.56 Å². The molecule has 0 saturated carbocycles. The van der Waals surface area contributed by atoms with Crippen LogP contribution in [0.1, 0.15) is 38.2 Å². The molecular weight excluding hydrogens is 238 g/mol. The molecule has 1 heterocycles. The molecule has 2 unspecified atom stereocenters. The maximum atomic E-state index is 9.79. The van der Waals surface area contributed by atoms with E-state index in [0.29, 0.717) is 0 Å². The van der Waals surface area contributed by atoms with Crippen molar-refractivity contribution in [3.8, 4) is 0 Å². The van der Waals surface area contributed by atoms with E-state index in [9.17, 15) is 5.11 Å². The molecule has 2 rings (SSSR count). The molecule has 104 valence electrons. The molecule has 4 N–H and O–H groups in total. The summed E-state index contributed by atoms with van der Waals surface area (Å²) in [7, 11) is 0. The number of aryl methyl sites for hydroxylation is 1. The summed E-state index contributed by atoms with van der Waals surface area (Å²) in [4.78, 5) is 0. The highest BCUT2D eigenvalue weighted by Gasteiger charge is 2.13. The van der Waals surface area contributed by atoms with Crippen molar-refractivity contribution in [1.29, 1.82) is 0 Å². The fourth-order valence-corrected chi connectivity index (χ4v) is 2.39. The number of H-pyrrole nitrogens is 1. The Bertz CT molecular complexity index is 509. The summed E-state index contributed by atoms with van der Waals surface area (Å²) in [5.74, 6) is 0. The first-order chi connectivity index (χ1) is 9.20. The number of hydrogen-bond acceptors (Lipinski definition) is 3. The highest BCUT2D eigenvalue weighted by Crippen LogP contribution is 2.15. The van der Waals surface area contributed by atoms with Crippen LogP contribution in [0.15, 0.2) is 24.4 Å². The van der Waals surface area contributed by atoms with Crippen molar-refractivity contribution in [2.45, 2.75) is 51.2 Å². The fraction of sp³-hybridized carbons (Fsp3) is 0.533. The van der Waals surface area contributed by atoms with Gasteiger partial charge in [-0.05, 0) is 43.4 Å². The van der Waals surface area contributed by atoms with Gasteiger partial charge in [0.05, 0.1) is 17.8 Å². The third kappa shape index (κ3) is 3.78. The van der Waals surface area contributed by atoms with Gasteiger partial charge in [0, 0.05) is 11.4 Å². The van der Waals surface area contributed by atoms with Crippen molar-refractivity contribution in [3.05, 3.63) is 30.0 Å². The van der Waals surface area contributed by atoms with Crippen LogP contribution in [0.25, 0.3) is 10.9 Å². The Hall–Kier alpha value is -1.39. The van der Waals surface area contributed by atoms with Gasteiger partial charge in [-0.1, -0.05) is 19.4 Å². The van der Waals surface area contributed by atoms with Crippen molar-refractivity contribution in [2.75, 3.05) is 0 Å². The Labute approximate surface area is 114 Å². The van der Waals surface area contributed by atoms with E-state index in [1.54, 1.807) is 0 Å². The summed E-state index contributed by atoms with van der Waals surface area (Å²) in [6, 6.07) is 6.24. The van der Waals surface area contributed by atoms with Crippen LogP contribution in [-0.2, 0) is 6.42 Å². The molecule has 0 bridgehead atoms.